The van der Waals surface area contributed by atoms with Crippen LogP contribution >= 0.6 is 11.6 Å². The summed E-state index contributed by atoms with van der Waals surface area (Å²) in [5, 5.41) is 9.62. The number of hydrogen-bond donors (Lipinski definition) is 1. The Morgan fingerprint density at radius 3 is 2.68 bits per heavy atom. The van der Waals surface area contributed by atoms with Gasteiger partial charge in [0.05, 0.1) is 0 Å². The first kappa shape index (κ1) is 22.7. The minimum atomic E-state index is -1.35. The molecule has 2 unspecified atom stereocenters. The van der Waals surface area contributed by atoms with Gasteiger partial charge in [-0.25, -0.2) is 0 Å². The van der Waals surface area contributed by atoms with Gasteiger partial charge in [0.25, 0.3) is 0 Å². The average Bonchev–Trinajstić information content (AvgIpc) is 2.94. The summed E-state index contributed by atoms with van der Waals surface area (Å²) in [5.41, 5.74) is -1.12. The van der Waals surface area contributed by atoms with Crippen LogP contribution in [0.1, 0.15) is 59.8 Å². The zero-order chi connectivity index (χ0) is 22.8. The van der Waals surface area contributed by atoms with Crippen LogP contribution in [0.5, 0.6) is 0 Å². The van der Waals surface area contributed by atoms with E-state index in [4.69, 9.17) is 16.3 Å². The molecule has 0 aromatic rings. The number of fused-ring (bicyclic) bond motifs is 5. The van der Waals surface area contributed by atoms with Crippen molar-refractivity contribution >= 4 is 29.1 Å². The zero-order valence-corrected chi connectivity index (χ0v) is 19.6. The number of ether oxygens (including phenoxy) is 1. The largest absolute Gasteiger partial charge is 0.450 e. The molecule has 3 saturated carbocycles. The third-order valence-corrected chi connectivity index (χ3v) is 9.54. The number of ketones is 2. The Hall–Kier alpha value is -1.46. The van der Waals surface area contributed by atoms with Crippen molar-refractivity contribution < 1.29 is 24.2 Å². The number of carbonyl (C=O) groups is 3. The molecule has 170 valence electrons. The first-order chi connectivity index (χ1) is 14.5. The highest BCUT2D eigenvalue weighted by Crippen LogP contribution is 2.69. The highest BCUT2D eigenvalue weighted by atomic mass is 35.5. The minimum absolute atomic E-state index is 0.0335. The standard InChI is InChI=1S/C25H33ClO5/c1-5-21(30)31-25(20(29)13-27)14(2)10-18-17-7-6-15-11-16(28)8-9-23(15,3)22(17)19(26)12-24(18,25)4/h8-9,11,14,17-19,22,27H,5-7,10,12-13H2,1-4H3/t14?,17-,18-,19?,22+,23-,24-,25-/m0/s1. The first-order valence-corrected chi connectivity index (χ1v) is 11.9. The molecule has 0 saturated heterocycles. The van der Waals surface area contributed by atoms with Crippen LogP contribution in [0.25, 0.3) is 0 Å². The lowest BCUT2D eigenvalue weighted by Gasteiger charge is -2.60. The lowest BCUT2D eigenvalue weighted by molar-refractivity contribution is -0.195. The molecule has 0 aliphatic heterocycles. The third kappa shape index (κ3) is 2.95. The number of carbonyl (C=O) groups excluding carboxylic acids is 3. The number of Topliss-reactive ketones (excluding diaryl/α,β-unsaturated/α-hetero) is 1. The van der Waals surface area contributed by atoms with Crippen LogP contribution in [0.2, 0.25) is 0 Å². The van der Waals surface area contributed by atoms with Gasteiger partial charge < -0.3 is 9.84 Å². The molecule has 4 aliphatic carbocycles. The van der Waals surface area contributed by atoms with Crippen LogP contribution in [0, 0.1) is 34.5 Å². The van der Waals surface area contributed by atoms with E-state index in [9.17, 15) is 19.5 Å². The van der Waals surface area contributed by atoms with Crippen molar-refractivity contribution in [1.82, 2.24) is 0 Å². The SMILES string of the molecule is CCC(=O)O[C@]1(C(=O)CO)C(C)C[C@H]2[C@@H]3CCC4=CC(=O)C=C[C@]4(C)[C@H]3C(Cl)C[C@@]21C. The zero-order valence-electron chi connectivity index (χ0n) is 18.8. The molecule has 0 bridgehead atoms. The van der Waals surface area contributed by atoms with Crippen molar-refractivity contribution in [3.8, 4) is 0 Å². The van der Waals surface area contributed by atoms with Crippen molar-refractivity contribution in [2.45, 2.75) is 70.8 Å². The van der Waals surface area contributed by atoms with Crippen molar-refractivity contribution in [2.75, 3.05) is 6.61 Å². The smallest absolute Gasteiger partial charge is 0.306 e. The average molecular weight is 449 g/mol. The van der Waals surface area contributed by atoms with Gasteiger partial charge in [-0.05, 0) is 55.6 Å². The summed E-state index contributed by atoms with van der Waals surface area (Å²) in [5.74, 6) is -0.465. The maximum atomic E-state index is 13.2. The molecule has 0 aromatic carbocycles. The minimum Gasteiger partial charge on any atom is -0.450 e. The van der Waals surface area contributed by atoms with Crippen LogP contribution in [0.4, 0.5) is 0 Å². The number of aliphatic hydroxyl groups is 1. The topological polar surface area (TPSA) is 80.7 Å². The number of aliphatic hydroxyl groups excluding tert-OH is 1. The maximum absolute atomic E-state index is 13.2. The molecule has 6 heteroatoms. The predicted molar refractivity (Wildman–Crippen MR) is 117 cm³/mol. The van der Waals surface area contributed by atoms with Gasteiger partial charge in [-0.2, -0.15) is 0 Å². The number of allylic oxidation sites excluding steroid dienone is 4. The molecular weight excluding hydrogens is 416 g/mol. The number of hydrogen-bond acceptors (Lipinski definition) is 5. The molecule has 0 aromatic heterocycles. The fourth-order valence-corrected chi connectivity index (χ4v) is 8.58. The van der Waals surface area contributed by atoms with Crippen LogP contribution in [0.3, 0.4) is 0 Å². The molecule has 0 spiro atoms. The first-order valence-electron chi connectivity index (χ1n) is 11.5. The molecule has 1 N–H and O–H groups in total. The second-order valence-electron chi connectivity index (χ2n) is 10.4. The Morgan fingerprint density at radius 2 is 2.03 bits per heavy atom. The number of rotatable bonds is 4. The lowest BCUT2D eigenvalue weighted by Crippen LogP contribution is -2.63. The van der Waals surface area contributed by atoms with E-state index in [1.54, 1.807) is 19.1 Å². The monoisotopic (exact) mass is 448 g/mol. The molecule has 8 atom stereocenters. The predicted octanol–water partition coefficient (Wildman–Crippen LogP) is 4.01. The molecule has 3 fully saturated rings. The molecular formula is C25H33ClO5. The van der Waals surface area contributed by atoms with Crippen molar-refractivity contribution in [3.05, 3.63) is 23.8 Å². The number of halogens is 1. The molecule has 4 rings (SSSR count). The van der Waals surface area contributed by atoms with Gasteiger partial charge in [0.15, 0.2) is 11.4 Å². The van der Waals surface area contributed by atoms with Gasteiger partial charge in [-0.15, -0.1) is 11.6 Å². The van der Waals surface area contributed by atoms with Crippen LogP contribution < -0.4 is 0 Å². The fourth-order valence-electron chi connectivity index (χ4n) is 7.81. The summed E-state index contributed by atoms with van der Waals surface area (Å²) in [6, 6.07) is 0. The van der Waals surface area contributed by atoms with E-state index in [1.165, 1.54) is 0 Å². The van der Waals surface area contributed by atoms with Gasteiger partial charge in [0, 0.05) is 28.5 Å². The number of alkyl halides is 1. The normalized spacial score (nSPS) is 45.9. The van der Waals surface area contributed by atoms with Gasteiger partial charge in [0.1, 0.15) is 6.61 Å². The summed E-state index contributed by atoms with van der Waals surface area (Å²) in [6.45, 7) is 7.25. The lowest BCUT2D eigenvalue weighted by atomic mass is 9.47. The Morgan fingerprint density at radius 1 is 1.32 bits per heavy atom. The van der Waals surface area contributed by atoms with Gasteiger partial charge in [-0.1, -0.05) is 39.3 Å². The third-order valence-electron chi connectivity index (χ3n) is 9.12. The summed E-state index contributed by atoms with van der Waals surface area (Å²) in [4.78, 5) is 37.7. The van der Waals surface area contributed by atoms with Crippen LogP contribution in [0.15, 0.2) is 23.8 Å². The summed E-state index contributed by atoms with van der Waals surface area (Å²) >= 11 is 7.13. The molecule has 31 heavy (non-hydrogen) atoms. The summed E-state index contributed by atoms with van der Waals surface area (Å²) < 4.78 is 5.98. The second-order valence-corrected chi connectivity index (χ2v) is 11.0. The number of esters is 1. The van der Waals surface area contributed by atoms with Gasteiger partial charge >= 0.3 is 5.97 Å². The summed E-state index contributed by atoms with van der Waals surface area (Å²) in [6.07, 6.45) is 8.63. The van der Waals surface area contributed by atoms with Gasteiger partial charge in [-0.3, -0.25) is 14.4 Å². The molecule has 0 heterocycles. The molecule has 0 radical (unpaired) electrons. The molecule has 5 nitrogen and oxygen atoms in total. The van der Waals surface area contributed by atoms with E-state index >= 15 is 0 Å². The Bertz CT molecular complexity index is 877. The second kappa shape index (κ2) is 7.55. The Balaban J connectivity index is 1.80. The van der Waals surface area contributed by atoms with E-state index in [0.717, 1.165) is 24.8 Å². The maximum Gasteiger partial charge on any atom is 0.306 e. The van der Waals surface area contributed by atoms with Crippen molar-refractivity contribution in [2.24, 2.45) is 34.5 Å². The van der Waals surface area contributed by atoms with E-state index in [0.29, 0.717) is 6.42 Å². The Labute approximate surface area is 189 Å². The summed E-state index contributed by atoms with van der Waals surface area (Å²) in [7, 11) is 0. The van der Waals surface area contributed by atoms with E-state index in [2.05, 4.69) is 6.92 Å². The fraction of sp³-hybridized carbons (Fsp3) is 0.720. The van der Waals surface area contributed by atoms with Crippen LogP contribution in [-0.2, 0) is 19.1 Å². The van der Waals surface area contributed by atoms with E-state index in [1.807, 2.05) is 19.9 Å². The van der Waals surface area contributed by atoms with Crippen LogP contribution in [-0.4, -0.2) is 40.2 Å². The van der Waals surface area contributed by atoms with E-state index < -0.39 is 29.4 Å². The van der Waals surface area contributed by atoms with Crippen molar-refractivity contribution in [1.29, 1.82) is 0 Å². The Kier molecular flexibility index (Phi) is 5.54. The van der Waals surface area contributed by atoms with E-state index in [-0.39, 0.29) is 46.7 Å². The quantitative estimate of drug-likeness (QED) is 0.519. The highest BCUT2D eigenvalue weighted by molar-refractivity contribution is 6.21. The molecule has 0 amide bonds. The van der Waals surface area contributed by atoms with Gasteiger partial charge in [0.2, 0.25) is 5.78 Å². The molecule has 4 aliphatic rings. The highest BCUT2D eigenvalue weighted by Gasteiger charge is 2.72. The van der Waals surface area contributed by atoms with Crippen molar-refractivity contribution in [3.63, 3.8) is 0 Å².